The van der Waals surface area contributed by atoms with Crippen LogP contribution < -0.4 is 5.32 Å². The second-order valence-corrected chi connectivity index (χ2v) is 3.92. The van der Waals surface area contributed by atoms with E-state index in [1.165, 1.54) is 19.3 Å². The number of allylic oxidation sites excluding steroid dienone is 1. The molecule has 3 heteroatoms. The maximum Gasteiger partial charge on any atom is 0.404 e. The predicted octanol–water partition coefficient (Wildman–Crippen LogP) is 5.47. The third kappa shape index (κ3) is 15.0. The minimum absolute atomic E-state index is 0.209. The zero-order valence-electron chi connectivity index (χ0n) is 13.8. The van der Waals surface area contributed by atoms with Crippen LogP contribution in [0.3, 0.4) is 0 Å². The van der Waals surface area contributed by atoms with Gasteiger partial charge in [0.15, 0.2) is 0 Å². The summed E-state index contributed by atoms with van der Waals surface area (Å²) in [4.78, 5) is 10.4. The van der Waals surface area contributed by atoms with Crippen LogP contribution >= 0.6 is 0 Å². The van der Waals surface area contributed by atoms with Gasteiger partial charge in [-0.3, -0.25) is 0 Å². The molecule has 0 aromatic rings. The quantitative estimate of drug-likeness (QED) is 0.656. The van der Waals surface area contributed by atoms with Gasteiger partial charge in [-0.25, -0.2) is 4.79 Å². The van der Waals surface area contributed by atoms with Crippen molar-refractivity contribution in [2.75, 3.05) is 0 Å². The van der Waals surface area contributed by atoms with Crippen LogP contribution in [-0.2, 0) is 0 Å². The fraction of sp³-hybridized carbons (Fsp3) is 0.812. The first-order valence-electron chi connectivity index (χ1n) is 7.72. The fourth-order valence-corrected chi connectivity index (χ4v) is 2.04. The lowest BCUT2D eigenvalue weighted by Gasteiger charge is -2.30. The molecule has 0 aromatic carbocycles. The molecule has 1 saturated carbocycles. The summed E-state index contributed by atoms with van der Waals surface area (Å²) in [5.74, 6) is 0.565. The van der Waals surface area contributed by atoms with Crippen molar-refractivity contribution in [1.82, 2.24) is 5.32 Å². The summed E-state index contributed by atoms with van der Waals surface area (Å²) < 4.78 is 0. The van der Waals surface area contributed by atoms with E-state index in [9.17, 15) is 4.79 Å². The number of hydrogen-bond acceptors (Lipinski definition) is 1. The largest absolute Gasteiger partial charge is 0.465 e. The van der Waals surface area contributed by atoms with Crippen LogP contribution in [0.4, 0.5) is 4.79 Å². The molecule has 1 amide bonds. The summed E-state index contributed by atoms with van der Waals surface area (Å²) in [5, 5.41) is 11.2. The molecule has 3 nitrogen and oxygen atoms in total. The van der Waals surface area contributed by atoms with E-state index in [0.29, 0.717) is 5.92 Å². The summed E-state index contributed by atoms with van der Waals surface area (Å²) in [6, 6.07) is 0.209. The van der Waals surface area contributed by atoms with Gasteiger partial charge in [-0.05, 0) is 25.7 Å². The number of nitrogens with one attached hydrogen (secondary N) is 1. The van der Waals surface area contributed by atoms with Gasteiger partial charge in [-0.1, -0.05) is 60.0 Å². The average molecular weight is 273 g/mol. The van der Waals surface area contributed by atoms with Crippen LogP contribution in [0.2, 0.25) is 0 Å². The van der Waals surface area contributed by atoms with Crippen molar-refractivity contribution in [3.63, 3.8) is 0 Å². The minimum atomic E-state index is -0.875. The summed E-state index contributed by atoms with van der Waals surface area (Å²) >= 11 is 0. The Morgan fingerprint density at radius 1 is 1.26 bits per heavy atom. The first kappa shape index (κ1) is 23.1. The van der Waals surface area contributed by atoms with Crippen molar-refractivity contribution >= 4 is 6.09 Å². The molecule has 2 atom stereocenters. The smallest absolute Gasteiger partial charge is 0.404 e. The molecular formula is C16H35NO2. The first-order valence-corrected chi connectivity index (χ1v) is 7.72. The summed E-state index contributed by atoms with van der Waals surface area (Å²) in [6.07, 6.45) is 6.59. The molecular weight excluding hydrogens is 238 g/mol. The average Bonchev–Trinajstić information content (AvgIpc) is 2.44. The zero-order chi connectivity index (χ0) is 15.7. The maximum atomic E-state index is 10.4. The Kier molecular flexibility index (Phi) is 23.6. The first-order chi connectivity index (χ1) is 9.15. The molecule has 2 unspecified atom stereocenters. The number of carbonyl (C=O) groups is 1. The van der Waals surface area contributed by atoms with Gasteiger partial charge in [0.2, 0.25) is 0 Å². The number of carboxylic acid groups (broad SMARTS) is 1. The van der Waals surface area contributed by atoms with E-state index in [1.54, 1.807) is 6.08 Å². The summed E-state index contributed by atoms with van der Waals surface area (Å²) in [5.41, 5.74) is 0. The molecule has 1 aliphatic carbocycles. The van der Waals surface area contributed by atoms with Crippen molar-refractivity contribution < 1.29 is 9.90 Å². The van der Waals surface area contributed by atoms with Gasteiger partial charge in [0.25, 0.3) is 0 Å². The van der Waals surface area contributed by atoms with Gasteiger partial charge >= 0.3 is 6.09 Å². The van der Waals surface area contributed by atoms with E-state index in [2.05, 4.69) is 18.8 Å². The van der Waals surface area contributed by atoms with Gasteiger partial charge in [-0.15, -0.1) is 6.58 Å². The van der Waals surface area contributed by atoms with Crippen LogP contribution in [0.25, 0.3) is 0 Å². The van der Waals surface area contributed by atoms with Gasteiger partial charge < -0.3 is 10.4 Å². The molecule has 0 aliphatic heterocycles. The van der Waals surface area contributed by atoms with E-state index >= 15 is 0 Å². The van der Waals surface area contributed by atoms with E-state index in [0.717, 1.165) is 12.8 Å². The normalized spacial score (nSPS) is 20.1. The molecule has 0 radical (unpaired) electrons. The second-order valence-electron chi connectivity index (χ2n) is 3.92. The maximum absolute atomic E-state index is 10.4. The Bertz CT molecular complexity index is 193. The molecule has 0 saturated heterocycles. The van der Waals surface area contributed by atoms with Crippen LogP contribution in [0.1, 0.15) is 73.6 Å². The Labute approximate surface area is 120 Å². The molecule has 0 aromatic heterocycles. The highest BCUT2D eigenvalue weighted by molar-refractivity contribution is 5.64. The van der Waals surface area contributed by atoms with Crippen LogP contribution in [0.15, 0.2) is 12.7 Å². The predicted molar refractivity (Wildman–Crippen MR) is 85.8 cm³/mol. The minimum Gasteiger partial charge on any atom is -0.465 e. The van der Waals surface area contributed by atoms with Gasteiger partial charge in [0.05, 0.1) is 0 Å². The van der Waals surface area contributed by atoms with Crippen molar-refractivity contribution in [2.24, 2.45) is 5.92 Å². The Balaban J connectivity index is -0.000000313. The molecule has 0 bridgehead atoms. The molecule has 0 spiro atoms. The third-order valence-electron chi connectivity index (χ3n) is 2.74. The fourth-order valence-electron chi connectivity index (χ4n) is 2.04. The molecule has 1 rings (SSSR count). The lowest BCUT2D eigenvalue weighted by molar-refractivity contribution is 0.174. The number of amides is 1. The molecule has 1 aliphatic rings. The van der Waals surface area contributed by atoms with Gasteiger partial charge in [0.1, 0.15) is 0 Å². The molecule has 0 heterocycles. The Morgan fingerprint density at radius 3 is 2.05 bits per heavy atom. The molecule has 19 heavy (non-hydrogen) atoms. The van der Waals surface area contributed by atoms with E-state index in [4.69, 9.17) is 5.11 Å². The highest BCUT2D eigenvalue weighted by atomic mass is 16.4. The van der Waals surface area contributed by atoms with Gasteiger partial charge in [0, 0.05) is 6.04 Å². The lowest BCUT2D eigenvalue weighted by atomic mass is 9.83. The zero-order valence-corrected chi connectivity index (χ0v) is 13.8. The summed E-state index contributed by atoms with van der Waals surface area (Å²) in [6.45, 7) is 15.4. The summed E-state index contributed by atoms with van der Waals surface area (Å²) in [7, 11) is 0. The van der Waals surface area contributed by atoms with E-state index < -0.39 is 6.09 Å². The third-order valence-corrected chi connectivity index (χ3v) is 2.74. The SMILES string of the molecule is C=CC.CC.CC.CCC1CCCCC1NC(=O)O. The van der Waals surface area contributed by atoms with Crippen LogP contribution in [0.5, 0.6) is 0 Å². The Morgan fingerprint density at radius 2 is 1.68 bits per heavy atom. The van der Waals surface area contributed by atoms with Crippen LogP contribution in [0, 0.1) is 5.92 Å². The van der Waals surface area contributed by atoms with Gasteiger partial charge in [-0.2, -0.15) is 0 Å². The standard InChI is InChI=1S/C9H17NO2.C3H6.2C2H6/c1-2-7-5-3-4-6-8(7)10-9(11)12;1-3-2;2*1-2/h7-8,10H,2-6H2,1H3,(H,11,12);3H,1H2,2H3;2*1-2H3. The topological polar surface area (TPSA) is 49.3 Å². The number of hydrogen-bond donors (Lipinski definition) is 2. The molecule has 116 valence electrons. The van der Waals surface area contributed by atoms with Crippen molar-refractivity contribution in [2.45, 2.75) is 79.7 Å². The van der Waals surface area contributed by atoms with Crippen molar-refractivity contribution in [3.05, 3.63) is 12.7 Å². The number of rotatable bonds is 2. The monoisotopic (exact) mass is 273 g/mol. The Hall–Kier alpha value is -0.990. The molecule has 2 N–H and O–H groups in total. The second kappa shape index (κ2) is 19.4. The van der Waals surface area contributed by atoms with Crippen LogP contribution in [-0.4, -0.2) is 17.2 Å². The lowest BCUT2D eigenvalue weighted by Crippen LogP contribution is -2.41. The van der Waals surface area contributed by atoms with E-state index in [1.807, 2.05) is 34.6 Å². The van der Waals surface area contributed by atoms with E-state index in [-0.39, 0.29) is 6.04 Å². The van der Waals surface area contributed by atoms with Crippen molar-refractivity contribution in [1.29, 1.82) is 0 Å². The molecule has 1 fully saturated rings. The van der Waals surface area contributed by atoms with Crippen molar-refractivity contribution in [3.8, 4) is 0 Å². The highest BCUT2D eigenvalue weighted by Crippen LogP contribution is 2.26. The highest BCUT2D eigenvalue weighted by Gasteiger charge is 2.24.